The van der Waals surface area contributed by atoms with Crippen molar-refractivity contribution in [1.82, 2.24) is 10.9 Å². The van der Waals surface area contributed by atoms with Crippen LogP contribution in [0, 0.1) is 11.7 Å². The Balaban J connectivity index is 1.68. The number of furan rings is 1. The van der Waals surface area contributed by atoms with Crippen LogP contribution in [0.25, 0.3) is 11.3 Å². The van der Waals surface area contributed by atoms with Crippen LogP contribution in [0.1, 0.15) is 23.4 Å². The van der Waals surface area contributed by atoms with Crippen LogP contribution in [0.3, 0.4) is 0 Å². The fraction of sp³-hybridized carbons (Fsp3) is 0.200. The SMILES string of the molecule is O=C(NNC(=O)C1CC1)c1ccc(-c2ccccc2F)o1. The summed E-state index contributed by atoms with van der Waals surface area (Å²) in [4.78, 5) is 23.2. The number of hydrazine groups is 1. The largest absolute Gasteiger partial charge is 0.451 e. The molecule has 3 rings (SSSR count). The summed E-state index contributed by atoms with van der Waals surface area (Å²) >= 11 is 0. The number of halogens is 1. The second kappa shape index (κ2) is 5.40. The average Bonchev–Trinajstić information content (AvgIpc) is 3.23. The molecule has 2 N–H and O–H groups in total. The van der Waals surface area contributed by atoms with Crippen molar-refractivity contribution in [3.63, 3.8) is 0 Å². The molecule has 2 amide bonds. The van der Waals surface area contributed by atoms with Crippen molar-refractivity contribution in [3.05, 3.63) is 48.0 Å². The summed E-state index contributed by atoms with van der Waals surface area (Å²) in [5.41, 5.74) is 4.88. The summed E-state index contributed by atoms with van der Waals surface area (Å²) in [5.74, 6) is -0.955. The minimum atomic E-state index is -0.577. The molecule has 0 spiro atoms. The van der Waals surface area contributed by atoms with Gasteiger partial charge in [-0.25, -0.2) is 4.39 Å². The van der Waals surface area contributed by atoms with E-state index in [0.717, 1.165) is 12.8 Å². The first-order valence-corrected chi connectivity index (χ1v) is 6.60. The van der Waals surface area contributed by atoms with Crippen LogP contribution >= 0.6 is 0 Å². The first kappa shape index (κ1) is 13.4. The van der Waals surface area contributed by atoms with Crippen LogP contribution < -0.4 is 10.9 Å². The van der Waals surface area contributed by atoms with Crippen molar-refractivity contribution in [3.8, 4) is 11.3 Å². The van der Waals surface area contributed by atoms with Crippen LogP contribution in [0.5, 0.6) is 0 Å². The highest BCUT2D eigenvalue weighted by Crippen LogP contribution is 2.28. The monoisotopic (exact) mass is 288 g/mol. The molecule has 0 saturated heterocycles. The predicted octanol–water partition coefficient (Wildman–Crippen LogP) is 2.26. The molecular formula is C15H13FN2O3. The number of nitrogens with one attached hydrogen (secondary N) is 2. The van der Waals surface area contributed by atoms with Crippen molar-refractivity contribution in [1.29, 1.82) is 0 Å². The Morgan fingerprint density at radius 2 is 1.86 bits per heavy atom. The summed E-state index contributed by atoms with van der Waals surface area (Å²) in [6, 6.07) is 9.06. The maximum absolute atomic E-state index is 13.6. The summed E-state index contributed by atoms with van der Waals surface area (Å²) in [7, 11) is 0. The van der Waals surface area contributed by atoms with Crippen molar-refractivity contribution in [2.75, 3.05) is 0 Å². The summed E-state index contributed by atoms with van der Waals surface area (Å²) < 4.78 is 18.9. The number of rotatable bonds is 3. The smallest absolute Gasteiger partial charge is 0.305 e. The molecule has 21 heavy (non-hydrogen) atoms. The molecule has 1 aromatic carbocycles. The number of benzene rings is 1. The number of hydrogen-bond donors (Lipinski definition) is 2. The lowest BCUT2D eigenvalue weighted by Crippen LogP contribution is -2.42. The number of carbonyl (C=O) groups is 2. The second-order valence-corrected chi connectivity index (χ2v) is 4.86. The predicted molar refractivity (Wildman–Crippen MR) is 72.4 cm³/mol. The lowest BCUT2D eigenvalue weighted by atomic mass is 10.1. The topological polar surface area (TPSA) is 71.3 Å². The molecule has 1 heterocycles. The van der Waals surface area contributed by atoms with Gasteiger partial charge in [0.25, 0.3) is 0 Å². The van der Waals surface area contributed by atoms with Gasteiger partial charge in [-0.2, -0.15) is 0 Å². The highest BCUT2D eigenvalue weighted by Gasteiger charge is 2.30. The van der Waals surface area contributed by atoms with Crippen molar-refractivity contribution in [2.24, 2.45) is 5.92 Å². The molecule has 1 aliphatic carbocycles. The van der Waals surface area contributed by atoms with Gasteiger partial charge in [-0.1, -0.05) is 12.1 Å². The fourth-order valence-corrected chi connectivity index (χ4v) is 1.89. The van der Waals surface area contributed by atoms with Crippen molar-refractivity contribution >= 4 is 11.8 Å². The highest BCUT2D eigenvalue weighted by molar-refractivity contribution is 5.94. The molecule has 0 aliphatic heterocycles. The van der Waals surface area contributed by atoms with E-state index in [2.05, 4.69) is 10.9 Å². The Labute approximate surface area is 120 Å². The Bertz CT molecular complexity index is 692. The van der Waals surface area contributed by atoms with Gasteiger partial charge >= 0.3 is 5.91 Å². The fourth-order valence-electron chi connectivity index (χ4n) is 1.89. The van der Waals surface area contributed by atoms with Gasteiger partial charge in [-0.15, -0.1) is 0 Å². The standard InChI is InChI=1S/C15H13FN2O3/c16-11-4-2-1-3-10(11)12-7-8-13(21-12)15(20)18-17-14(19)9-5-6-9/h1-4,7-9H,5-6H2,(H,17,19)(H,18,20). The van der Waals surface area contributed by atoms with Crippen molar-refractivity contribution in [2.45, 2.75) is 12.8 Å². The van der Waals surface area contributed by atoms with Gasteiger partial charge in [-0.3, -0.25) is 20.4 Å². The summed E-state index contributed by atoms with van der Waals surface area (Å²) in [6.45, 7) is 0. The Morgan fingerprint density at radius 3 is 2.57 bits per heavy atom. The van der Waals surface area contributed by atoms with Gasteiger partial charge in [0.2, 0.25) is 5.91 Å². The summed E-state index contributed by atoms with van der Waals surface area (Å²) in [6.07, 6.45) is 1.69. The van der Waals surface area contributed by atoms with Gasteiger partial charge in [0.05, 0.1) is 5.56 Å². The van der Waals surface area contributed by atoms with E-state index in [9.17, 15) is 14.0 Å². The Hall–Kier alpha value is -2.63. The Morgan fingerprint density at radius 1 is 1.10 bits per heavy atom. The first-order chi connectivity index (χ1) is 10.1. The van der Waals surface area contributed by atoms with Crippen LogP contribution in [0.2, 0.25) is 0 Å². The molecule has 6 heteroatoms. The average molecular weight is 288 g/mol. The lowest BCUT2D eigenvalue weighted by molar-refractivity contribution is -0.123. The molecule has 1 fully saturated rings. The zero-order valence-corrected chi connectivity index (χ0v) is 11.1. The van der Waals surface area contributed by atoms with E-state index >= 15 is 0 Å². The van der Waals surface area contributed by atoms with E-state index in [1.165, 1.54) is 18.2 Å². The molecule has 0 unspecified atom stereocenters. The molecule has 1 aromatic heterocycles. The molecule has 2 aromatic rings. The second-order valence-electron chi connectivity index (χ2n) is 4.86. The van der Waals surface area contributed by atoms with E-state index in [4.69, 9.17) is 4.42 Å². The van der Waals surface area contributed by atoms with E-state index in [1.807, 2.05) is 0 Å². The quantitative estimate of drug-likeness (QED) is 0.851. The molecule has 0 atom stereocenters. The maximum Gasteiger partial charge on any atom is 0.305 e. The van der Waals surface area contributed by atoms with Crippen LogP contribution in [-0.2, 0) is 4.79 Å². The molecule has 108 valence electrons. The molecule has 1 saturated carbocycles. The van der Waals surface area contributed by atoms with Crippen molar-refractivity contribution < 1.29 is 18.4 Å². The third kappa shape index (κ3) is 2.94. The third-order valence-corrected chi connectivity index (χ3v) is 3.22. The van der Waals surface area contributed by atoms with Crippen LogP contribution in [-0.4, -0.2) is 11.8 Å². The minimum Gasteiger partial charge on any atom is -0.451 e. The lowest BCUT2D eigenvalue weighted by Gasteiger charge is -2.04. The number of hydrogen-bond acceptors (Lipinski definition) is 3. The van der Waals surface area contributed by atoms with Gasteiger partial charge in [0.1, 0.15) is 11.6 Å². The summed E-state index contributed by atoms with van der Waals surface area (Å²) in [5, 5.41) is 0. The molecule has 0 bridgehead atoms. The van der Waals surface area contributed by atoms with Gasteiger partial charge in [0.15, 0.2) is 5.76 Å². The van der Waals surface area contributed by atoms with Crippen LogP contribution in [0.4, 0.5) is 4.39 Å². The van der Waals surface area contributed by atoms with E-state index < -0.39 is 11.7 Å². The van der Waals surface area contributed by atoms with E-state index in [-0.39, 0.29) is 28.9 Å². The molecule has 0 radical (unpaired) electrons. The maximum atomic E-state index is 13.6. The number of carbonyl (C=O) groups excluding carboxylic acids is 2. The zero-order valence-electron chi connectivity index (χ0n) is 11.1. The normalized spacial score (nSPS) is 13.8. The Kier molecular flexibility index (Phi) is 3.43. The molecule has 5 nitrogen and oxygen atoms in total. The first-order valence-electron chi connectivity index (χ1n) is 6.60. The highest BCUT2D eigenvalue weighted by atomic mass is 19.1. The van der Waals surface area contributed by atoms with Gasteiger partial charge in [-0.05, 0) is 37.1 Å². The van der Waals surface area contributed by atoms with Crippen LogP contribution in [0.15, 0.2) is 40.8 Å². The van der Waals surface area contributed by atoms with E-state index in [0.29, 0.717) is 0 Å². The van der Waals surface area contributed by atoms with Gasteiger partial charge < -0.3 is 4.42 Å². The zero-order chi connectivity index (χ0) is 14.8. The molecular weight excluding hydrogens is 275 g/mol. The van der Waals surface area contributed by atoms with Gasteiger partial charge in [0, 0.05) is 5.92 Å². The third-order valence-electron chi connectivity index (χ3n) is 3.22. The van der Waals surface area contributed by atoms with E-state index in [1.54, 1.807) is 18.2 Å². The number of amides is 2. The minimum absolute atomic E-state index is 0.00382. The molecule has 1 aliphatic rings.